The summed E-state index contributed by atoms with van der Waals surface area (Å²) in [6.07, 6.45) is 1.84. The van der Waals surface area contributed by atoms with E-state index in [2.05, 4.69) is 0 Å². The van der Waals surface area contributed by atoms with Crippen molar-refractivity contribution in [3.63, 3.8) is 0 Å². The summed E-state index contributed by atoms with van der Waals surface area (Å²) in [5.74, 6) is -1.06. The highest BCUT2D eigenvalue weighted by Crippen LogP contribution is 2.28. The molecule has 1 aromatic rings. The van der Waals surface area contributed by atoms with Crippen LogP contribution in [0.1, 0.15) is 38.3 Å². The van der Waals surface area contributed by atoms with E-state index in [9.17, 15) is 8.78 Å². The van der Waals surface area contributed by atoms with Crippen molar-refractivity contribution in [1.82, 2.24) is 0 Å². The molecule has 0 aliphatic heterocycles. The fourth-order valence-corrected chi connectivity index (χ4v) is 1.89. The van der Waals surface area contributed by atoms with Crippen LogP contribution in [0.5, 0.6) is 0 Å². The first-order chi connectivity index (χ1) is 7.47. The first-order valence-corrected chi connectivity index (χ1v) is 5.75. The average Bonchev–Trinajstić information content (AvgIpc) is 2.23. The molecule has 0 fully saturated rings. The number of hydrogen-bond acceptors (Lipinski definition) is 1. The second-order valence-electron chi connectivity index (χ2n) is 4.08. The van der Waals surface area contributed by atoms with Gasteiger partial charge in [-0.3, -0.25) is 0 Å². The molecule has 1 rings (SSSR count). The van der Waals surface area contributed by atoms with E-state index in [1.807, 2.05) is 13.8 Å². The molecule has 0 saturated carbocycles. The maximum atomic E-state index is 13.6. The molecular weight excluding hydrogens is 232 g/mol. The number of benzene rings is 1. The van der Waals surface area contributed by atoms with Crippen LogP contribution in [0.3, 0.4) is 0 Å². The van der Waals surface area contributed by atoms with Gasteiger partial charge in [-0.2, -0.15) is 0 Å². The smallest absolute Gasteiger partial charge is 0.142 e. The van der Waals surface area contributed by atoms with Gasteiger partial charge < -0.3 is 5.73 Å². The van der Waals surface area contributed by atoms with Crippen molar-refractivity contribution < 1.29 is 8.78 Å². The lowest BCUT2D eigenvalue weighted by Gasteiger charge is -2.20. The van der Waals surface area contributed by atoms with Gasteiger partial charge in [0, 0.05) is 11.6 Å². The molecule has 0 radical (unpaired) electrons. The third-order valence-corrected chi connectivity index (χ3v) is 3.05. The SMILES string of the molecule is CCCC(C)C(N)c1cc(F)c(Cl)cc1F. The monoisotopic (exact) mass is 247 g/mol. The van der Waals surface area contributed by atoms with Gasteiger partial charge in [0.1, 0.15) is 11.6 Å². The summed E-state index contributed by atoms with van der Waals surface area (Å²) in [6.45, 7) is 3.96. The zero-order valence-electron chi connectivity index (χ0n) is 9.43. The number of halogens is 3. The highest BCUT2D eigenvalue weighted by Gasteiger charge is 2.19. The van der Waals surface area contributed by atoms with Crippen LogP contribution in [0.15, 0.2) is 12.1 Å². The maximum absolute atomic E-state index is 13.6. The number of hydrogen-bond donors (Lipinski definition) is 1. The van der Waals surface area contributed by atoms with Gasteiger partial charge in [0.15, 0.2) is 0 Å². The van der Waals surface area contributed by atoms with Gasteiger partial charge in [0.2, 0.25) is 0 Å². The Bertz CT molecular complexity index is 368. The standard InChI is InChI=1S/C12H16ClF2N/c1-3-4-7(2)12(16)8-5-11(15)9(13)6-10(8)14/h5-7,12H,3-4,16H2,1-2H3. The maximum Gasteiger partial charge on any atom is 0.142 e. The van der Waals surface area contributed by atoms with Crippen molar-refractivity contribution in [1.29, 1.82) is 0 Å². The van der Waals surface area contributed by atoms with Gasteiger partial charge in [0.25, 0.3) is 0 Å². The van der Waals surface area contributed by atoms with E-state index in [0.717, 1.165) is 25.0 Å². The van der Waals surface area contributed by atoms with Crippen LogP contribution in [-0.2, 0) is 0 Å². The summed E-state index contributed by atoms with van der Waals surface area (Å²) in [4.78, 5) is 0. The Morgan fingerprint density at radius 2 is 1.94 bits per heavy atom. The molecule has 0 aromatic heterocycles. The van der Waals surface area contributed by atoms with E-state index in [1.165, 1.54) is 0 Å². The van der Waals surface area contributed by atoms with Gasteiger partial charge >= 0.3 is 0 Å². The normalized spacial score (nSPS) is 14.9. The predicted molar refractivity (Wildman–Crippen MR) is 62.4 cm³/mol. The molecule has 2 unspecified atom stereocenters. The molecule has 2 atom stereocenters. The van der Waals surface area contributed by atoms with Crippen molar-refractivity contribution in [2.24, 2.45) is 11.7 Å². The lowest BCUT2D eigenvalue weighted by Crippen LogP contribution is -2.20. The van der Waals surface area contributed by atoms with E-state index in [1.54, 1.807) is 0 Å². The molecule has 0 aliphatic rings. The van der Waals surface area contributed by atoms with E-state index in [4.69, 9.17) is 17.3 Å². The van der Waals surface area contributed by atoms with Gasteiger partial charge in [-0.15, -0.1) is 0 Å². The molecule has 0 aliphatic carbocycles. The molecule has 0 spiro atoms. The molecule has 90 valence electrons. The minimum absolute atomic E-state index is 0.111. The van der Waals surface area contributed by atoms with Gasteiger partial charge in [-0.1, -0.05) is 31.9 Å². The van der Waals surface area contributed by atoms with Crippen LogP contribution >= 0.6 is 11.6 Å². The zero-order chi connectivity index (χ0) is 12.3. The van der Waals surface area contributed by atoms with E-state index < -0.39 is 17.7 Å². The Labute approximate surface area is 99.6 Å². The summed E-state index contributed by atoms with van der Waals surface area (Å²) in [5.41, 5.74) is 6.09. The largest absolute Gasteiger partial charge is 0.324 e. The first-order valence-electron chi connectivity index (χ1n) is 5.37. The molecule has 2 N–H and O–H groups in total. The van der Waals surface area contributed by atoms with Gasteiger partial charge in [-0.05, 0) is 24.5 Å². The highest BCUT2D eigenvalue weighted by molar-refractivity contribution is 6.30. The summed E-state index contributed by atoms with van der Waals surface area (Å²) in [7, 11) is 0. The lowest BCUT2D eigenvalue weighted by atomic mass is 9.91. The van der Waals surface area contributed by atoms with Crippen molar-refractivity contribution in [2.75, 3.05) is 0 Å². The molecular formula is C12H16ClF2N. The predicted octanol–water partition coefficient (Wildman–Crippen LogP) is 4.05. The third kappa shape index (κ3) is 2.92. The second kappa shape index (κ2) is 5.60. The molecule has 0 amide bonds. The number of nitrogens with two attached hydrogens (primary N) is 1. The van der Waals surface area contributed by atoms with Crippen molar-refractivity contribution >= 4 is 11.6 Å². The summed E-state index contributed by atoms with van der Waals surface area (Å²) in [6, 6.07) is 1.57. The summed E-state index contributed by atoms with van der Waals surface area (Å²) >= 11 is 5.48. The van der Waals surface area contributed by atoms with Crippen molar-refractivity contribution in [3.05, 3.63) is 34.4 Å². The minimum Gasteiger partial charge on any atom is -0.324 e. The van der Waals surface area contributed by atoms with Crippen LogP contribution < -0.4 is 5.73 Å². The minimum atomic E-state index is -0.628. The van der Waals surface area contributed by atoms with Crippen LogP contribution in [-0.4, -0.2) is 0 Å². The molecule has 0 saturated heterocycles. The summed E-state index contributed by atoms with van der Waals surface area (Å²) < 4.78 is 26.8. The van der Waals surface area contributed by atoms with Crippen LogP contribution in [0.25, 0.3) is 0 Å². The molecule has 4 heteroatoms. The lowest BCUT2D eigenvalue weighted by molar-refractivity contribution is 0.417. The second-order valence-corrected chi connectivity index (χ2v) is 4.49. The Kier molecular flexibility index (Phi) is 4.69. The highest BCUT2D eigenvalue weighted by atomic mass is 35.5. The van der Waals surface area contributed by atoms with Crippen molar-refractivity contribution in [2.45, 2.75) is 32.7 Å². The Balaban J connectivity index is 2.99. The molecule has 0 bridgehead atoms. The Hall–Kier alpha value is -0.670. The van der Waals surface area contributed by atoms with Crippen LogP contribution in [0.2, 0.25) is 5.02 Å². The van der Waals surface area contributed by atoms with E-state index >= 15 is 0 Å². The van der Waals surface area contributed by atoms with E-state index in [0.29, 0.717) is 0 Å². The average molecular weight is 248 g/mol. The van der Waals surface area contributed by atoms with E-state index in [-0.39, 0.29) is 16.5 Å². The number of rotatable bonds is 4. The van der Waals surface area contributed by atoms with Crippen molar-refractivity contribution in [3.8, 4) is 0 Å². The third-order valence-electron chi connectivity index (χ3n) is 2.76. The molecule has 1 aromatic carbocycles. The fourth-order valence-electron chi connectivity index (χ4n) is 1.73. The van der Waals surface area contributed by atoms with Crippen LogP contribution in [0, 0.1) is 17.6 Å². The first kappa shape index (κ1) is 13.4. The van der Waals surface area contributed by atoms with Crippen LogP contribution in [0.4, 0.5) is 8.78 Å². The Morgan fingerprint density at radius 1 is 1.31 bits per heavy atom. The fraction of sp³-hybridized carbons (Fsp3) is 0.500. The molecule has 0 heterocycles. The Morgan fingerprint density at radius 3 is 2.50 bits per heavy atom. The molecule has 1 nitrogen and oxygen atoms in total. The van der Waals surface area contributed by atoms with Gasteiger partial charge in [-0.25, -0.2) is 8.78 Å². The van der Waals surface area contributed by atoms with Gasteiger partial charge in [0.05, 0.1) is 5.02 Å². The quantitative estimate of drug-likeness (QED) is 0.798. The zero-order valence-corrected chi connectivity index (χ0v) is 10.2. The summed E-state index contributed by atoms with van der Waals surface area (Å²) in [5, 5.41) is -0.211. The topological polar surface area (TPSA) is 26.0 Å². The molecule has 16 heavy (non-hydrogen) atoms.